The standard InChI is InChI=1S/C12H11F2N3O2/c1-17-10(4-5-11(18)19)15-16-12(17)7-2-3-8(13)9(14)6-7/h2-3,6H,4-5H2,1H3,(H,18,19). The van der Waals surface area contributed by atoms with Crippen molar-refractivity contribution in [3.8, 4) is 11.4 Å². The van der Waals surface area contributed by atoms with Crippen molar-refractivity contribution in [3.05, 3.63) is 35.7 Å². The van der Waals surface area contributed by atoms with Gasteiger partial charge in [-0.05, 0) is 18.2 Å². The Labute approximate surface area is 107 Å². The average Bonchev–Trinajstić information content (AvgIpc) is 2.72. The van der Waals surface area contributed by atoms with Gasteiger partial charge in [-0.2, -0.15) is 0 Å². The van der Waals surface area contributed by atoms with Gasteiger partial charge in [0.2, 0.25) is 0 Å². The van der Waals surface area contributed by atoms with Crippen LogP contribution in [0.25, 0.3) is 11.4 Å². The van der Waals surface area contributed by atoms with E-state index in [0.29, 0.717) is 17.2 Å². The number of hydrogen-bond acceptors (Lipinski definition) is 3. The van der Waals surface area contributed by atoms with Crippen LogP contribution in [0.4, 0.5) is 8.78 Å². The molecule has 0 aliphatic heterocycles. The molecule has 2 rings (SSSR count). The quantitative estimate of drug-likeness (QED) is 0.916. The Balaban J connectivity index is 2.30. The summed E-state index contributed by atoms with van der Waals surface area (Å²) in [7, 11) is 1.65. The van der Waals surface area contributed by atoms with Gasteiger partial charge < -0.3 is 9.67 Å². The molecule has 0 aliphatic carbocycles. The minimum atomic E-state index is -0.965. The fourth-order valence-corrected chi connectivity index (χ4v) is 1.68. The Morgan fingerprint density at radius 3 is 2.68 bits per heavy atom. The van der Waals surface area contributed by atoms with Crippen LogP contribution in [0.15, 0.2) is 18.2 Å². The average molecular weight is 267 g/mol. The Kier molecular flexibility index (Phi) is 3.55. The molecule has 0 atom stereocenters. The Morgan fingerprint density at radius 2 is 2.05 bits per heavy atom. The van der Waals surface area contributed by atoms with Crippen LogP contribution in [0.2, 0.25) is 0 Å². The Bertz CT molecular complexity index is 625. The highest BCUT2D eigenvalue weighted by Crippen LogP contribution is 2.20. The number of benzene rings is 1. The number of halogens is 2. The van der Waals surface area contributed by atoms with Crippen molar-refractivity contribution in [2.24, 2.45) is 7.05 Å². The second kappa shape index (κ2) is 5.13. The second-order valence-electron chi connectivity index (χ2n) is 4.02. The molecule has 0 bridgehead atoms. The molecule has 7 heteroatoms. The lowest BCUT2D eigenvalue weighted by molar-refractivity contribution is -0.137. The summed E-state index contributed by atoms with van der Waals surface area (Å²) in [5, 5.41) is 16.3. The summed E-state index contributed by atoms with van der Waals surface area (Å²) in [5.41, 5.74) is 0.385. The van der Waals surface area contributed by atoms with Crippen LogP contribution >= 0.6 is 0 Å². The first kappa shape index (κ1) is 13.1. The van der Waals surface area contributed by atoms with Gasteiger partial charge in [0.15, 0.2) is 17.5 Å². The van der Waals surface area contributed by atoms with Crippen molar-refractivity contribution >= 4 is 5.97 Å². The van der Waals surface area contributed by atoms with Gasteiger partial charge in [0, 0.05) is 19.0 Å². The van der Waals surface area contributed by atoms with E-state index in [1.807, 2.05) is 0 Å². The van der Waals surface area contributed by atoms with Crippen LogP contribution in [0.5, 0.6) is 0 Å². The summed E-state index contributed by atoms with van der Waals surface area (Å²) in [4.78, 5) is 10.5. The Hall–Kier alpha value is -2.31. The zero-order valence-electron chi connectivity index (χ0n) is 10.1. The lowest BCUT2D eigenvalue weighted by atomic mass is 10.2. The zero-order valence-corrected chi connectivity index (χ0v) is 10.1. The number of aromatic nitrogens is 3. The van der Waals surface area contributed by atoms with E-state index in [0.717, 1.165) is 12.1 Å². The van der Waals surface area contributed by atoms with E-state index >= 15 is 0 Å². The Morgan fingerprint density at radius 1 is 1.32 bits per heavy atom. The van der Waals surface area contributed by atoms with E-state index < -0.39 is 17.6 Å². The summed E-state index contributed by atoms with van der Waals surface area (Å²) in [6, 6.07) is 3.43. The number of carboxylic acid groups (broad SMARTS) is 1. The lowest BCUT2D eigenvalue weighted by Crippen LogP contribution is -2.04. The first-order valence-corrected chi connectivity index (χ1v) is 5.54. The normalized spacial score (nSPS) is 10.7. The number of carboxylic acids is 1. The molecular weight excluding hydrogens is 256 g/mol. The topological polar surface area (TPSA) is 68.0 Å². The summed E-state index contributed by atoms with van der Waals surface area (Å²) in [6.45, 7) is 0. The molecule has 100 valence electrons. The van der Waals surface area contributed by atoms with E-state index in [1.165, 1.54) is 6.07 Å². The van der Waals surface area contributed by atoms with Gasteiger partial charge in [0.25, 0.3) is 0 Å². The van der Waals surface area contributed by atoms with Gasteiger partial charge in [-0.3, -0.25) is 4.79 Å². The van der Waals surface area contributed by atoms with Crippen molar-refractivity contribution in [1.82, 2.24) is 14.8 Å². The molecule has 0 saturated heterocycles. The summed E-state index contributed by atoms with van der Waals surface area (Å²) in [6.07, 6.45) is 0.159. The number of nitrogens with zero attached hydrogens (tertiary/aromatic N) is 3. The largest absolute Gasteiger partial charge is 0.481 e. The third kappa shape index (κ3) is 2.75. The SMILES string of the molecule is Cn1c(CCC(=O)O)nnc1-c1ccc(F)c(F)c1. The van der Waals surface area contributed by atoms with Crippen LogP contribution in [-0.2, 0) is 18.3 Å². The third-order valence-electron chi connectivity index (χ3n) is 2.71. The second-order valence-corrected chi connectivity index (χ2v) is 4.02. The zero-order chi connectivity index (χ0) is 14.0. The summed E-state index contributed by atoms with van der Waals surface area (Å²) in [5.74, 6) is -2.00. The highest BCUT2D eigenvalue weighted by atomic mass is 19.2. The lowest BCUT2D eigenvalue weighted by Gasteiger charge is -2.03. The molecule has 1 aromatic heterocycles. The first-order valence-electron chi connectivity index (χ1n) is 5.54. The molecule has 2 aromatic rings. The molecule has 0 fully saturated rings. The van der Waals surface area contributed by atoms with E-state index in [4.69, 9.17) is 5.11 Å². The fourth-order valence-electron chi connectivity index (χ4n) is 1.68. The van der Waals surface area contributed by atoms with Crippen LogP contribution in [0.3, 0.4) is 0 Å². The minimum Gasteiger partial charge on any atom is -0.481 e. The predicted octanol–water partition coefficient (Wildman–Crippen LogP) is 1.78. The predicted molar refractivity (Wildman–Crippen MR) is 62.3 cm³/mol. The maximum atomic E-state index is 13.1. The summed E-state index contributed by atoms with van der Waals surface area (Å²) >= 11 is 0. The smallest absolute Gasteiger partial charge is 0.303 e. The molecule has 1 aromatic carbocycles. The monoisotopic (exact) mass is 267 g/mol. The first-order chi connectivity index (χ1) is 8.99. The van der Waals surface area contributed by atoms with Crippen molar-refractivity contribution in [1.29, 1.82) is 0 Å². The molecule has 0 spiro atoms. The maximum absolute atomic E-state index is 13.1. The summed E-state index contributed by atoms with van der Waals surface area (Å²) < 4.78 is 27.6. The highest BCUT2D eigenvalue weighted by Gasteiger charge is 2.13. The van der Waals surface area contributed by atoms with Crippen molar-refractivity contribution < 1.29 is 18.7 Å². The molecule has 0 unspecified atom stereocenters. The third-order valence-corrected chi connectivity index (χ3v) is 2.71. The van der Waals surface area contributed by atoms with Gasteiger partial charge in [-0.25, -0.2) is 8.78 Å². The number of carbonyl (C=O) groups is 1. The van der Waals surface area contributed by atoms with Crippen molar-refractivity contribution in [2.45, 2.75) is 12.8 Å². The van der Waals surface area contributed by atoms with Gasteiger partial charge in [-0.15, -0.1) is 10.2 Å². The van der Waals surface area contributed by atoms with E-state index in [1.54, 1.807) is 11.6 Å². The molecule has 0 radical (unpaired) electrons. The van der Waals surface area contributed by atoms with Gasteiger partial charge in [0.1, 0.15) is 5.82 Å². The van der Waals surface area contributed by atoms with Gasteiger partial charge >= 0.3 is 5.97 Å². The number of aryl methyl sites for hydroxylation is 1. The number of rotatable bonds is 4. The molecule has 0 amide bonds. The van der Waals surface area contributed by atoms with Gasteiger partial charge in [0.05, 0.1) is 6.42 Å². The van der Waals surface area contributed by atoms with E-state index in [2.05, 4.69) is 10.2 Å². The molecule has 19 heavy (non-hydrogen) atoms. The number of aliphatic carboxylic acids is 1. The molecule has 1 heterocycles. The molecule has 5 nitrogen and oxygen atoms in total. The molecule has 0 aliphatic rings. The van der Waals surface area contributed by atoms with E-state index in [9.17, 15) is 13.6 Å². The highest BCUT2D eigenvalue weighted by molar-refractivity contribution is 5.67. The minimum absolute atomic E-state index is 0.0657. The fraction of sp³-hybridized carbons (Fsp3) is 0.250. The van der Waals surface area contributed by atoms with Crippen LogP contribution in [0.1, 0.15) is 12.2 Å². The van der Waals surface area contributed by atoms with Crippen LogP contribution < -0.4 is 0 Å². The number of hydrogen-bond donors (Lipinski definition) is 1. The molecular formula is C12H11F2N3O2. The van der Waals surface area contributed by atoms with E-state index in [-0.39, 0.29) is 12.8 Å². The maximum Gasteiger partial charge on any atom is 0.303 e. The van der Waals surface area contributed by atoms with Crippen molar-refractivity contribution in [2.75, 3.05) is 0 Å². The van der Waals surface area contributed by atoms with Gasteiger partial charge in [-0.1, -0.05) is 0 Å². The van der Waals surface area contributed by atoms with Crippen LogP contribution in [-0.4, -0.2) is 25.8 Å². The molecule has 1 N–H and O–H groups in total. The molecule has 0 saturated carbocycles. The van der Waals surface area contributed by atoms with Crippen molar-refractivity contribution in [3.63, 3.8) is 0 Å². The van der Waals surface area contributed by atoms with Crippen LogP contribution in [0, 0.1) is 11.6 Å².